The first-order valence-corrected chi connectivity index (χ1v) is 21.9. The summed E-state index contributed by atoms with van der Waals surface area (Å²) in [5.41, 5.74) is 6.48. The van der Waals surface area contributed by atoms with Crippen molar-refractivity contribution in [3.05, 3.63) is 60.3 Å². The number of aryl methyl sites for hydroxylation is 1. The summed E-state index contributed by atoms with van der Waals surface area (Å²) in [6.45, 7) is 14.2. The zero-order chi connectivity index (χ0) is 34.8. The standard InChI is InChI=1S/C38H49N7O4Si/c1-6-7-18-48-38(46)43-16-14-29(15-17-43)45-24-28(22-40-45)33-23-39-32-12-13-35(36(27-8-9-27)37(32)42-33)49-30-10-11-31-34(21-30)44(26(2)41-31)25-47-19-20-50(3,4)5/h10-13,21-24,27,29H,6-9,14-20,25H2,1-5H3. The minimum absolute atomic E-state index is 0.209. The fraction of sp³-hybridized carbons (Fsp3) is 0.500. The van der Waals surface area contributed by atoms with Gasteiger partial charge < -0.3 is 23.7 Å². The summed E-state index contributed by atoms with van der Waals surface area (Å²) < 4.78 is 22.3. The van der Waals surface area contributed by atoms with Gasteiger partial charge in [0.05, 0.1) is 52.8 Å². The number of rotatable bonds is 13. The number of ether oxygens (including phenoxy) is 3. The number of imidazole rings is 1. The molecule has 0 radical (unpaired) electrons. The van der Waals surface area contributed by atoms with E-state index in [4.69, 9.17) is 34.3 Å². The number of carbonyl (C=O) groups excluding carboxylic acids is 1. The molecule has 1 saturated heterocycles. The van der Waals surface area contributed by atoms with E-state index >= 15 is 0 Å². The van der Waals surface area contributed by atoms with Crippen LogP contribution >= 0.6 is 0 Å². The summed E-state index contributed by atoms with van der Waals surface area (Å²) in [7, 11) is -1.17. The number of nitrogens with zero attached hydrogens (tertiary/aromatic N) is 7. The van der Waals surface area contributed by atoms with Gasteiger partial charge in [0.2, 0.25) is 0 Å². The Balaban J connectivity index is 1.09. The van der Waals surface area contributed by atoms with Gasteiger partial charge in [0.1, 0.15) is 24.1 Å². The van der Waals surface area contributed by atoms with Crippen molar-refractivity contribution in [3.63, 3.8) is 0 Å². The van der Waals surface area contributed by atoms with Crippen LogP contribution in [0.1, 0.15) is 68.8 Å². The maximum absolute atomic E-state index is 12.4. The molecule has 1 aliphatic heterocycles. The highest BCUT2D eigenvalue weighted by atomic mass is 28.3. The largest absolute Gasteiger partial charge is 0.457 e. The number of carbonyl (C=O) groups is 1. The van der Waals surface area contributed by atoms with E-state index in [1.165, 1.54) is 0 Å². The number of hydrogen-bond donors (Lipinski definition) is 0. The van der Waals surface area contributed by atoms with Gasteiger partial charge in [0, 0.05) is 51.2 Å². The maximum Gasteiger partial charge on any atom is 0.409 e. The Kier molecular flexibility index (Phi) is 9.92. The predicted octanol–water partition coefficient (Wildman–Crippen LogP) is 8.71. The summed E-state index contributed by atoms with van der Waals surface area (Å²) in [4.78, 5) is 29.0. The summed E-state index contributed by atoms with van der Waals surface area (Å²) in [6.07, 6.45) is 11.3. The molecule has 264 valence electrons. The van der Waals surface area contributed by atoms with Crippen LogP contribution in [0.3, 0.4) is 0 Å². The van der Waals surface area contributed by atoms with Crippen LogP contribution in [0.25, 0.3) is 33.3 Å². The molecule has 0 N–H and O–H groups in total. The molecule has 0 bridgehead atoms. The number of unbranched alkanes of at least 4 members (excludes halogenated alkanes) is 1. The minimum atomic E-state index is -1.17. The average molecular weight is 696 g/mol. The van der Waals surface area contributed by atoms with Gasteiger partial charge in [-0.15, -0.1) is 0 Å². The number of hydrogen-bond acceptors (Lipinski definition) is 8. The number of likely N-dealkylation sites (tertiary alicyclic amines) is 1. The van der Waals surface area contributed by atoms with Crippen LogP contribution in [-0.2, 0) is 16.2 Å². The molecule has 11 nitrogen and oxygen atoms in total. The first-order valence-electron chi connectivity index (χ1n) is 18.1. The highest BCUT2D eigenvalue weighted by molar-refractivity contribution is 6.76. The number of benzene rings is 2. The van der Waals surface area contributed by atoms with E-state index in [9.17, 15) is 4.79 Å². The quantitative estimate of drug-likeness (QED) is 0.0889. The van der Waals surface area contributed by atoms with Crippen LogP contribution in [0.5, 0.6) is 11.5 Å². The number of amides is 1. The maximum atomic E-state index is 12.4. The first kappa shape index (κ1) is 34.2. The SMILES string of the molecule is CCCCOC(=O)N1CCC(n2cc(-c3cnc4ccc(Oc5ccc6nc(C)n(COCC[Si](C)(C)C)c6c5)c(C5CC5)c4n3)cn2)CC1. The molecule has 2 fully saturated rings. The van der Waals surface area contributed by atoms with Crippen LogP contribution in [0.2, 0.25) is 25.7 Å². The third-order valence-corrected chi connectivity index (χ3v) is 11.5. The molecule has 4 heterocycles. The van der Waals surface area contributed by atoms with Crippen molar-refractivity contribution in [2.24, 2.45) is 0 Å². The molecule has 1 amide bonds. The average Bonchev–Trinajstić information content (AvgIpc) is 3.73. The van der Waals surface area contributed by atoms with E-state index in [0.29, 0.717) is 32.3 Å². The fourth-order valence-electron chi connectivity index (χ4n) is 6.56. The van der Waals surface area contributed by atoms with Crippen molar-refractivity contribution in [1.29, 1.82) is 0 Å². The van der Waals surface area contributed by atoms with Crippen LogP contribution in [0.15, 0.2) is 48.9 Å². The second-order valence-corrected chi connectivity index (χ2v) is 20.6. The monoisotopic (exact) mass is 695 g/mol. The lowest BCUT2D eigenvalue weighted by Crippen LogP contribution is -2.39. The first-order chi connectivity index (χ1) is 24.2. The molecule has 1 aliphatic carbocycles. The molecule has 2 aromatic carbocycles. The Morgan fingerprint density at radius 1 is 0.980 bits per heavy atom. The van der Waals surface area contributed by atoms with Gasteiger partial charge in [-0.3, -0.25) is 9.67 Å². The van der Waals surface area contributed by atoms with Gasteiger partial charge in [0.15, 0.2) is 0 Å². The molecular formula is C38H49N7O4Si. The Hall–Kier alpha value is -4.29. The van der Waals surface area contributed by atoms with Gasteiger partial charge in [-0.05, 0) is 75.3 Å². The van der Waals surface area contributed by atoms with Gasteiger partial charge in [-0.1, -0.05) is 33.0 Å². The fourth-order valence-corrected chi connectivity index (χ4v) is 7.32. The third-order valence-electron chi connectivity index (χ3n) is 9.77. The molecule has 1 saturated carbocycles. The Morgan fingerprint density at radius 3 is 2.54 bits per heavy atom. The molecule has 0 atom stereocenters. The van der Waals surface area contributed by atoms with Crippen LogP contribution in [0, 0.1) is 6.92 Å². The molecule has 5 aromatic rings. The van der Waals surface area contributed by atoms with Gasteiger partial charge >= 0.3 is 6.09 Å². The normalized spacial score (nSPS) is 15.7. The molecule has 0 unspecified atom stereocenters. The van der Waals surface area contributed by atoms with E-state index in [-0.39, 0.29) is 12.1 Å². The van der Waals surface area contributed by atoms with Crippen molar-refractivity contribution < 1.29 is 19.0 Å². The van der Waals surface area contributed by atoms with Crippen molar-refractivity contribution in [3.8, 4) is 22.8 Å². The van der Waals surface area contributed by atoms with E-state index in [2.05, 4.69) is 43.4 Å². The molecule has 2 aliphatic rings. The zero-order valence-electron chi connectivity index (χ0n) is 30.0. The van der Waals surface area contributed by atoms with Gasteiger partial charge in [-0.2, -0.15) is 5.10 Å². The van der Waals surface area contributed by atoms with Crippen LogP contribution in [0.4, 0.5) is 4.79 Å². The highest BCUT2D eigenvalue weighted by Crippen LogP contribution is 2.48. The van der Waals surface area contributed by atoms with Gasteiger partial charge in [0.25, 0.3) is 0 Å². The van der Waals surface area contributed by atoms with Crippen molar-refractivity contribution >= 4 is 36.2 Å². The zero-order valence-corrected chi connectivity index (χ0v) is 31.0. The van der Waals surface area contributed by atoms with Crippen molar-refractivity contribution in [1.82, 2.24) is 34.2 Å². The smallest absolute Gasteiger partial charge is 0.409 e. The lowest BCUT2D eigenvalue weighted by Gasteiger charge is -2.31. The van der Waals surface area contributed by atoms with Crippen molar-refractivity contribution in [2.45, 2.75) is 96.7 Å². The second kappa shape index (κ2) is 14.5. The van der Waals surface area contributed by atoms with E-state index in [1.54, 1.807) is 0 Å². The molecule has 3 aromatic heterocycles. The van der Waals surface area contributed by atoms with Gasteiger partial charge in [-0.25, -0.2) is 14.8 Å². The second-order valence-electron chi connectivity index (χ2n) is 15.0. The van der Waals surface area contributed by atoms with E-state index < -0.39 is 8.07 Å². The minimum Gasteiger partial charge on any atom is -0.457 e. The number of piperidine rings is 1. The third kappa shape index (κ3) is 7.71. The number of fused-ring (bicyclic) bond motifs is 2. The molecule has 50 heavy (non-hydrogen) atoms. The summed E-state index contributed by atoms with van der Waals surface area (Å²) in [5.74, 6) is 2.88. The predicted molar refractivity (Wildman–Crippen MR) is 197 cm³/mol. The Labute approximate surface area is 295 Å². The van der Waals surface area contributed by atoms with E-state index in [1.807, 2.05) is 53.2 Å². The molecule has 12 heteroatoms. The molecular weight excluding hydrogens is 647 g/mol. The lowest BCUT2D eigenvalue weighted by atomic mass is 10.1. The summed E-state index contributed by atoms with van der Waals surface area (Å²) in [5, 5.41) is 4.71. The Morgan fingerprint density at radius 2 is 1.78 bits per heavy atom. The van der Waals surface area contributed by atoms with Crippen molar-refractivity contribution in [2.75, 3.05) is 26.3 Å². The molecule has 7 rings (SSSR count). The Bertz CT molecular complexity index is 1970. The van der Waals surface area contributed by atoms with Crippen LogP contribution < -0.4 is 4.74 Å². The van der Waals surface area contributed by atoms with E-state index in [0.717, 1.165) is 107 Å². The summed E-state index contributed by atoms with van der Waals surface area (Å²) in [6, 6.07) is 11.4. The van der Waals surface area contributed by atoms with Crippen LogP contribution in [-0.4, -0.2) is 74.7 Å². The highest BCUT2D eigenvalue weighted by Gasteiger charge is 2.31. The lowest BCUT2D eigenvalue weighted by molar-refractivity contribution is 0.0864. The summed E-state index contributed by atoms with van der Waals surface area (Å²) >= 11 is 0. The molecule has 0 spiro atoms. The topological polar surface area (TPSA) is 109 Å². The number of aromatic nitrogens is 6.